The number of morpholine rings is 1. The Morgan fingerprint density at radius 3 is 2.77 bits per heavy atom. The normalized spacial score (nSPS) is 19.6. The van der Waals surface area contributed by atoms with Gasteiger partial charge >= 0.3 is 5.97 Å². The Kier molecular flexibility index (Phi) is 4.92. The third-order valence-electron chi connectivity index (χ3n) is 3.21. The van der Waals surface area contributed by atoms with E-state index in [9.17, 15) is 18.4 Å². The molecule has 2 atom stereocenters. The molecule has 0 spiro atoms. The van der Waals surface area contributed by atoms with Crippen molar-refractivity contribution in [2.45, 2.75) is 19.1 Å². The van der Waals surface area contributed by atoms with Gasteiger partial charge in [0.25, 0.3) is 5.91 Å². The fourth-order valence-electron chi connectivity index (χ4n) is 2.06. The van der Waals surface area contributed by atoms with Gasteiger partial charge in [0.2, 0.25) is 0 Å². The molecule has 1 aliphatic rings. The van der Waals surface area contributed by atoms with E-state index in [0.29, 0.717) is 0 Å². The van der Waals surface area contributed by atoms with Crippen molar-refractivity contribution >= 4 is 11.9 Å². The van der Waals surface area contributed by atoms with Crippen molar-refractivity contribution in [1.82, 2.24) is 4.90 Å². The van der Waals surface area contributed by atoms with Gasteiger partial charge in [-0.25, -0.2) is 13.6 Å². The van der Waals surface area contributed by atoms with Crippen LogP contribution in [0.2, 0.25) is 0 Å². The molecule has 1 fully saturated rings. The summed E-state index contributed by atoms with van der Waals surface area (Å²) in [6.45, 7) is 1.73. The fourth-order valence-corrected chi connectivity index (χ4v) is 2.06. The van der Waals surface area contributed by atoms with E-state index in [-0.39, 0.29) is 25.4 Å². The van der Waals surface area contributed by atoms with Gasteiger partial charge in [0, 0.05) is 12.6 Å². The van der Waals surface area contributed by atoms with E-state index in [4.69, 9.17) is 14.6 Å². The molecule has 1 aromatic rings. The van der Waals surface area contributed by atoms with Gasteiger partial charge in [0.15, 0.2) is 23.8 Å². The van der Waals surface area contributed by atoms with E-state index in [1.807, 2.05) is 0 Å². The first kappa shape index (κ1) is 16.2. The summed E-state index contributed by atoms with van der Waals surface area (Å²) < 4.78 is 36.2. The number of halogens is 2. The number of aliphatic carboxylic acids is 1. The van der Waals surface area contributed by atoms with Crippen molar-refractivity contribution in [3.63, 3.8) is 0 Å². The smallest absolute Gasteiger partial charge is 0.334 e. The monoisotopic (exact) mass is 315 g/mol. The summed E-state index contributed by atoms with van der Waals surface area (Å²) >= 11 is 0. The van der Waals surface area contributed by atoms with E-state index in [0.717, 1.165) is 12.1 Å². The number of carbonyl (C=O) groups excluding carboxylic acids is 1. The van der Waals surface area contributed by atoms with Crippen molar-refractivity contribution in [2.75, 3.05) is 19.7 Å². The van der Waals surface area contributed by atoms with Crippen molar-refractivity contribution in [1.29, 1.82) is 0 Å². The van der Waals surface area contributed by atoms with E-state index in [1.165, 1.54) is 17.9 Å². The first-order valence-corrected chi connectivity index (χ1v) is 6.63. The van der Waals surface area contributed by atoms with Crippen molar-refractivity contribution in [3.05, 3.63) is 29.8 Å². The lowest BCUT2D eigenvalue weighted by Gasteiger charge is -2.32. The number of carboxylic acids is 1. The molecule has 1 aliphatic heterocycles. The SMILES string of the molecule is C[C@@H](Oc1ccc(F)c(F)c1)C(=O)N1CCO[C@@H](C(=O)O)C1. The van der Waals surface area contributed by atoms with Crippen LogP contribution >= 0.6 is 0 Å². The number of benzene rings is 1. The van der Waals surface area contributed by atoms with E-state index in [2.05, 4.69) is 0 Å². The Morgan fingerprint density at radius 2 is 2.14 bits per heavy atom. The highest BCUT2D eigenvalue weighted by molar-refractivity contribution is 5.82. The molecule has 1 saturated heterocycles. The second kappa shape index (κ2) is 6.69. The predicted molar refractivity (Wildman–Crippen MR) is 70.4 cm³/mol. The molecule has 2 rings (SSSR count). The molecule has 0 radical (unpaired) electrons. The maximum absolute atomic E-state index is 13.1. The summed E-state index contributed by atoms with van der Waals surface area (Å²) in [5.74, 6) is -3.66. The summed E-state index contributed by atoms with van der Waals surface area (Å²) in [5, 5.41) is 8.90. The third-order valence-corrected chi connectivity index (χ3v) is 3.21. The average molecular weight is 315 g/mol. The standard InChI is InChI=1S/C14H15F2NO5/c1-8(22-9-2-3-10(15)11(16)6-9)13(18)17-4-5-21-12(7-17)14(19)20/h2-3,6,8,12H,4-5,7H2,1H3,(H,19,20)/t8-,12-/m1/s1. The minimum absolute atomic E-state index is 0.0165. The van der Waals surface area contributed by atoms with Crippen LogP contribution in [0.4, 0.5) is 8.78 Å². The van der Waals surface area contributed by atoms with Crippen LogP contribution in [-0.4, -0.2) is 53.8 Å². The van der Waals surface area contributed by atoms with Gasteiger partial charge in [0.1, 0.15) is 5.75 Å². The molecule has 0 unspecified atom stereocenters. The van der Waals surface area contributed by atoms with Crippen molar-refractivity contribution in [3.8, 4) is 5.75 Å². The topological polar surface area (TPSA) is 76.1 Å². The molecule has 0 aliphatic carbocycles. The molecule has 1 aromatic carbocycles. The number of hydrogen-bond acceptors (Lipinski definition) is 4. The second-order valence-corrected chi connectivity index (χ2v) is 4.82. The Balaban J connectivity index is 1.99. The van der Waals surface area contributed by atoms with Gasteiger partial charge in [-0.2, -0.15) is 0 Å². The molecule has 0 saturated carbocycles. The van der Waals surface area contributed by atoms with Crippen LogP contribution in [0.15, 0.2) is 18.2 Å². The van der Waals surface area contributed by atoms with Gasteiger partial charge in [-0.05, 0) is 19.1 Å². The van der Waals surface area contributed by atoms with Crippen LogP contribution in [0.25, 0.3) is 0 Å². The summed E-state index contributed by atoms with van der Waals surface area (Å²) in [6, 6.07) is 2.96. The highest BCUT2D eigenvalue weighted by Gasteiger charge is 2.31. The van der Waals surface area contributed by atoms with Crippen molar-refractivity contribution in [2.24, 2.45) is 0 Å². The zero-order valence-corrected chi connectivity index (χ0v) is 11.8. The third kappa shape index (κ3) is 3.70. The molecule has 22 heavy (non-hydrogen) atoms. The molecule has 1 N–H and O–H groups in total. The Labute approximate surface area is 125 Å². The molecule has 120 valence electrons. The highest BCUT2D eigenvalue weighted by Crippen LogP contribution is 2.18. The number of nitrogens with zero attached hydrogens (tertiary/aromatic N) is 1. The second-order valence-electron chi connectivity index (χ2n) is 4.82. The lowest BCUT2D eigenvalue weighted by atomic mass is 10.2. The predicted octanol–water partition coefficient (Wildman–Crippen LogP) is 1.04. The lowest BCUT2D eigenvalue weighted by molar-refractivity contribution is -0.161. The van der Waals surface area contributed by atoms with Crippen LogP contribution < -0.4 is 4.74 Å². The minimum Gasteiger partial charge on any atom is -0.481 e. The minimum atomic E-state index is -1.15. The molecule has 1 heterocycles. The lowest BCUT2D eigenvalue weighted by Crippen LogP contribution is -2.51. The van der Waals surface area contributed by atoms with Crippen LogP contribution in [-0.2, 0) is 14.3 Å². The van der Waals surface area contributed by atoms with Crippen LogP contribution in [0.3, 0.4) is 0 Å². The van der Waals surface area contributed by atoms with Gasteiger partial charge in [-0.15, -0.1) is 0 Å². The molecule has 0 aromatic heterocycles. The molecule has 0 bridgehead atoms. The van der Waals surface area contributed by atoms with Gasteiger partial charge in [-0.3, -0.25) is 4.79 Å². The zero-order valence-electron chi connectivity index (χ0n) is 11.8. The molecule has 8 heteroatoms. The molecular weight excluding hydrogens is 300 g/mol. The average Bonchev–Trinajstić information content (AvgIpc) is 2.50. The molecule has 6 nitrogen and oxygen atoms in total. The Bertz CT molecular complexity index is 580. The van der Waals surface area contributed by atoms with Crippen molar-refractivity contribution < 1.29 is 33.0 Å². The number of carbonyl (C=O) groups is 2. The summed E-state index contributed by atoms with van der Waals surface area (Å²) in [4.78, 5) is 24.4. The Hall–Kier alpha value is -2.22. The number of ether oxygens (including phenoxy) is 2. The molecular formula is C14H15F2NO5. The maximum atomic E-state index is 13.1. The van der Waals surface area contributed by atoms with Crippen LogP contribution in [0, 0.1) is 11.6 Å². The number of amides is 1. The maximum Gasteiger partial charge on any atom is 0.334 e. The number of hydrogen-bond donors (Lipinski definition) is 1. The van der Waals surface area contributed by atoms with Gasteiger partial charge < -0.3 is 19.5 Å². The van der Waals surface area contributed by atoms with Crippen LogP contribution in [0.5, 0.6) is 5.75 Å². The summed E-state index contributed by atoms with van der Waals surface area (Å²) in [6.07, 6.45) is -2.04. The van der Waals surface area contributed by atoms with Gasteiger partial charge in [-0.1, -0.05) is 0 Å². The number of carboxylic acid groups (broad SMARTS) is 1. The van der Waals surface area contributed by atoms with E-state index in [1.54, 1.807) is 0 Å². The zero-order chi connectivity index (χ0) is 16.3. The first-order chi connectivity index (χ1) is 10.4. The number of rotatable bonds is 4. The Morgan fingerprint density at radius 1 is 1.41 bits per heavy atom. The van der Waals surface area contributed by atoms with E-state index < -0.39 is 35.7 Å². The largest absolute Gasteiger partial charge is 0.481 e. The quantitative estimate of drug-likeness (QED) is 0.898. The fraction of sp³-hybridized carbons (Fsp3) is 0.429. The van der Waals surface area contributed by atoms with Crippen LogP contribution in [0.1, 0.15) is 6.92 Å². The summed E-state index contributed by atoms with van der Waals surface area (Å²) in [7, 11) is 0. The molecule has 1 amide bonds. The highest BCUT2D eigenvalue weighted by atomic mass is 19.2. The van der Waals surface area contributed by atoms with E-state index >= 15 is 0 Å². The summed E-state index contributed by atoms with van der Waals surface area (Å²) in [5.41, 5.74) is 0. The first-order valence-electron chi connectivity index (χ1n) is 6.63. The van der Waals surface area contributed by atoms with Gasteiger partial charge in [0.05, 0.1) is 13.2 Å².